The first-order valence-corrected chi connectivity index (χ1v) is 12.1. The molecule has 4 N–H and O–H groups in total. The van der Waals surface area contributed by atoms with Gasteiger partial charge < -0.3 is 15.7 Å². The lowest BCUT2D eigenvalue weighted by Gasteiger charge is -2.17. The number of nitrogens with two attached hydrogens (primary N) is 1. The third kappa shape index (κ3) is 4.34. The third-order valence-electron chi connectivity index (χ3n) is 6.51. The number of pyridine rings is 1. The Balaban J connectivity index is 1.23. The van der Waals surface area contributed by atoms with Crippen molar-refractivity contribution in [3.05, 3.63) is 102 Å². The van der Waals surface area contributed by atoms with Gasteiger partial charge in [0.2, 0.25) is 0 Å². The summed E-state index contributed by atoms with van der Waals surface area (Å²) in [4.78, 5) is 18.1. The second kappa shape index (κ2) is 8.98. The average molecular weight is 473 g/mol. The van der Waals surface area contributed by atoms with Crippen LogP contribution in [0.2, 0.25) is 0 Å². The van der Waals surface area contributed by atoms with E-state index in [2.05, 4.69) is 111 Å². The molecule has 3 heterocycles. The first kappa shape index (κ1) is 22.1. The number of aromatic nitrogens is 4. The van der Waals surface area contributed by atoms with E-state index in [-0.39, 0.29) is 0 Å². The molecule has 6 rings (SSSR count). The summed E-state index contributed by atoms with van der Waals surface area (Å²) in [6.07, 6.45) is 0. The molecule has 0 atom stereocenters. The summed E-state index contributed by atoms with van der Waals surface area (Å²) >= 11 is 0. The van der Waals surface area contributed by atoms with Crippen LogP contribution in [0.25, 0.3) is 44.5 Å². The van der Waals surface area contributed by atoms with E-state index in [0.29, 0.717) is 11.5 Å². The summed E-state index contributed by atoms with van der Waals surface area (Å²) in [5, 5.41) is 1.16. The molecule has 0 amide bonds. The molecule has 0 saturated heterocycles. The Kier molecular flexibility index (Phi) is 5.51. The fourth-order valence-electron chi connectivity index (χ4n) is 4.92. The minimum absolute atomic E-state index is 0.471. The Hall–Kier alpha value is -4.42. The van der Waals surface area contributed by atoms with Crippen molar-refractivity contribution in [1.29, 1.82) is 0 Å². The average Bonchev–Trinajstić information content (AvgIpc) is 3.46. The van der Waals surface area contributed by atoms with Crippen LogP contribution in [0.1, 0.15) is 17.0 Å². The Bertz CT molecular complexity index is 1680. The molecule has 0 bridgehead atoms. The smallest absolute Gasteiger partial charge is 0.160 e. The molecule has 0 aliphatic carbocycles. The van der Waals surface area contributed by atoms with E-state index in [0.717, 1.165) is 46.6 Å². The number of aromatic amines is 2. The lowest BCUT2D eigenvalue weighted by Crippen LogP contribution is -2.17. The number of hydrogen-bond donors (Lipinski definition) is 3. The maximum atomic E-state index is 6.07. The fraction of sp³-hybridized carbons (Fsp3) is 0.133. The number of anilines is 1. The number of nitrogens with zero attached hydrogens (tertiary/aromatic N) is 3. The van der Waals surface area contributed by atoms with Crippen LogP contribution in [-0.4, -0.2) is 31.9 Å². The summed E-state index contributed by atoms with van der Waals surface area (Å²) in [5.74, 6) is 1.29. The number of nitrogens with one attached hydrogen (secondary N) is 2. The highest BCUT2D eigenvalue weighted by Crippen LogP contribution is 2.31. The Morgan fingerprint density at radius 3 is 2.39 bits per heavy atom. The molecule has 0 unspecified atom stereocenters. The van der Waals surface area contributed by atoms with E-state index in [1.807, 2.05) is 13.0 Å². The van der Waals surface area contributed by atoms with Crippen molar-refractivity contribution < 1.29 is 0 Å². The SMILES string of the molecule is Cc1nc2c(-c3cc4cc(CN(C)Cc5cccc(-c6ccccc6)c5)ccc4[nH]3)cc(N)nc2[nH]1. The third-order valence-corrected chi connectivity index (χ3v) is 6.51. The van der Waals surface area contributed by atoms with E-state index >= 15 is 0 Å². The quantitative estimate of drug-likeness (QED) is 0.266. The maximum Gasteiger partial charge on any atom is 0.160 e. The van der Waals surface area contributed by atoms with Gasteiger partial charge in [-0.2, -0.15) is 0 Å². The molecular weight excluding hydrogens is 444 g/mol. The number of rotatable bonds is 6. The van der Waals surface area contributed by atoms with Gasteiger partial charge in [-0.1, -0.05) is 54.6 Å². The lowest BCUT2D eigenvalue weighted by molar-refractivity contribution is 0.319. The molecular formula is C30H28N6. The normalized spacial score (nSPS) is 11.6. The monoisotopic (exact) mass is 472 g/mol. The van der Waals surface area contributed by atoms with Crippen molar-refractivity contribution >= 4 is 27.9 Å². The van der Waals surface area contributed by atoms with Gasteiger partial charge in [-0.05, 0) is 66.6 Å². The van der Waals surface area contributed by atoms with Crippen molar-refractivity contribution in [2.75, 3.05) is 12.8 Å². The highest BCUT2D eigenvalue weighted by atomic mass is 15.1. The van der Waals surface area contributed by atoms with Gasteiger partial charge in [0.05, 0.1) is 0 Å². The van der Waals surface area contributed by atoms with Gasteiger partial charge in [-0.25, -0.2) is 9.97 Å². The molecule has 36 heavy (non-hydrogen) atoms. The highest BCUT2D eigenvalue weighted by molar-refractivity contribution is 5.95. The van der Waals surface area contributed by atoms with Crippen LogP contribution in [-0.2, 0) is 13.1 Å². The molecule has 6 nitrogen and oxygen atoms in total. The van der Waals surface area contributed by atoms with Gasteiger partial charge in [-0.3, -0.25) is 4.90 Å². The number of benzene rings is 3. The molecule has 3 aromatic carbocycles. The van der Waals surface area contributed by atoms with Crippen LogP contribution in [0.5, 0.6) is 0 Å². The van der Waals surface area contributed by atoms with Crippen molar-refractivity contribution in [2.45, 2.75) is 20.0 Å². The molecule has 6 aromatic rings. The largest absolute Gasteiger partial charge is 0.384 e. The number of aryl methyl sites for hydroxylation is 1. The summed E-state index contributed by atoms with van der Waals surface area (Å²) in [6, 6.07) is 30.0. The van der Waals surface area contributed by atoms with Crippen molar-refractivity contribution in [3.63, 3.8) is 0 Å². The first-order valence-electron chi connectivity index (χ1n) is 12.1. The Morgan fingerprint density at radius 2 is 1.56 bits per heavy atom. The van der Waals surface area contributed by atoms with Gasteiger partial charge in [-0.15, -0.1) is 0 Å². The van der Waals surface area contributed by atoms with Crippen LogP contribution in [0, 0.1) is 6.92 Å². The van der Waals surface area contributed by atoms with E-state index in [9.17, 15) is 0 Å². The predicted octanol–water partition coefficient (Wildman–Crippen LogP) is 6.30. The molecule has 0 aliphatic heterocycles. The summed E-state index contributed by atoms with van der Waals surface area (Å²) in [5.41, 5.74) is 15.7. The lowest BCUT2D eigenvalue weighted by atomic mass is 10.0. The minimum atomic E-state index is 0.471. The van der Waals surface area contributed by atoms with Crippen molar-refractivity contribution in [1.82, 2.24) is 24.8 Å². The zero-order chi connectivity index (χ0) is 24.6. The number of imidazole rings is 1. The molecule has 0 radical (unpaired) electrons. The fourth-order valence-corrected chi connectivity index (χ4v) is 4.92. The van der Waals surface area contributed by atoms with Crippen LogP contribution in [0.3, 0.4) is 0 Å². The van der Waals surface area contributed by atoms with Crippen LogP contribution in [0.15, 0.2) is 84.9 Å². The van der Waals surface area contributed by atoms with Gasteiger partial charge in [0.1, 0.15) is 17.2 Å². The topological polar surface area (TPSA) is 86.6 Å². The highest BCUT2D eigenvalue weighted by Gasteiger charge is 2.13. The maximum absolute atomic E-state index is 6.07. The summed E-state index contributed by atoms with van der Waals surface area (Å²) in [6.45, 7) is 3.66. The second-order valence-electron chi connectivity index (χ2n) is 9.46. The van der Waals surface area contributed by atoms with E-state index < -0.39 is 0 Å². The molecule has 6 heteroatoms. The van der Waals surface area contributed by atoms with Crippen molar-refractivity contribution in [2.24, 2.45) is 0 Å². The first-order chi connectivity index (χ1) is 17.5. The minimum Gasteiger partial charge on any atom is -0.384 e. The molecule has 0 spiro atoms. The van der Waals surface area contributed by atoms with Gasteiger partial charge in [0, 0.05) is 35.2 Å². The molecule has 3 aromatic heterocycles. The van der Waals surface area contributed by atoms with E-state index in [1.165, 1.54) is 22.3 Å². The zero-order valence-electron chi connectivity index (χ0n) is 20.4. The molecule has 0 saturated carbocycles. The predicted molar refractivity (Wildman–Crippen MR) is 147 cm³/mol. The molecule has 0 fully saturated rings. The van der Waals surface area contributed by atoms with Crippen molar-refractivity contribution in [3.8, 4) is 22.4 Å². The standard InChI is InChI=1S/C30H28N6/c1-19-32-29-25(16-28(31)35-30(29)33-19)27-15-24-14-21(11-12-26(24)34-27)18-36(2)17-20-7-6-10-23(13-20)22-8-4-3-5-9-22/h3-16,34H,17-18H2,1-2H3,(H3,31,32,33,35). The van der Waals surface area contributed by atoms with Crippen LogP contribution < -0.4 is 5.73 Å². The van der Waals surface area contributed by atoms with Crippen LogP contribution >= 0.6 is 0 Å². The number of H-pyrrole nitrogens is 2. The number of fused-ring (bicyclic) bond motifs is 2. The summed E-state index contributed by atoms with van der Waals surface area (Å²) < 4.78 is 0. The Labute approximate surface area is 209 Å². The number of nitrogen functional groups attached to an aromatic ring is 1. The van der Waals surface area contributed by atoms with Gasteiger partial charge in [0.25, 0.3) is 0 Å². The zero-order valence-corrected chi connectivity index (χ0v) is 20.4. The van der Waals surface area contributed by atoms with Gasteiger partial charge in [0.15, 0.2) is 5.65 Å². The van der Waals surface area contributed by atoms with Crippen LogP contribution in [0.4, 0.5) is 5.82 Å². The Morgan fingerprint density at radius 1 is 0.778 bits per heavy atom. The molecule has 178 valence electrons. The van der Waals surface area contributed by atoms with Gasteiger partial charge >= 0.3 is 0 Å². The molecule has 0 aliphatic rings. The van der Waals surface area contributed by atoms with E-state index in [4.69, 9.17) is 5.73 Å². The second-order valence-corrected chi connectivity index (χ2v) is 9.46. The summed E-state index contributed by atoms with van der Waals surface area (Å²) in [7, 11) is 2.17. The van der Waals surface area contributed by atoms with E-state index in [1.54, 1.807) is 0 Å². The number of hydrogen-bond acceptors (Lipinski definition) is 4.